The third-order valence-corrected chi connectivity index (χ3v) is 5.78. The summed E-state index contributed by atoms with van der Waals surface area (Å²) < 4.78 is 6.30. The summed E-state index contributed by atoms with van der Waals surface area (Å²) in [5, 5.41) is 15.1. The number of amides is 1. The largest absolute Gasteiger partial charge is 0.464 e. The van der Waals surface area contributed by atoms with Crippen LogP contribution in [0.25, 0.3) is 21.2 Å². The van der Waals surface area contributed by atoms with Crippen LogP contribution in [-0.4, -0.2) is 15.8 Å². The highest BCUT2D eigenvalue weighted by Gasteiger charge is 2.16. The summed E-state index contributed by atoms with van der Waals surface area (Å²) in [7, 11) is 0. The van der Waals surface area contributed by atoms with Crippen LogP contribution in [0.5, 0.6) is 0 Å². The fraction of sp³-hybridized carbons (Fsp3) is 0.238. The summed E-state index contributed by atoms with van der Waals surface area (Å²) >= 11 is 1.21. The van der Waals surface area contributed by atoms with Crippen molar-refractivity contribution in [1.29, 1.82) is 0 Å². The van der Waals surface area contributed by atoms with Crippen LogP contribution in [0.1, 0.15) is 36.5 Å². The van der Waals surface area contributed by atoms with Crippen LogP contribution in [0, 0.1) is 17.0 Å². The van der Waals surface area contributed by atoms with Gasteiger partial charge in [-0.3, -0.25) is 14.9 Å². The first kappa shape index (κ1) is 19.1. The topological polar surface area (TPSA) is 98.3 Å². The number of hydrogen-bond donors (Lipinski definition) is 1. The molecule has 0 unspecified atom stereocenters. The number of aromatic nitrogens is 1. The predicted molar refractivity (Wildman–Crippen MR) is 114 cm³/mol. The Kier molecular flexibility index (Phi) is 4.79. The van der Waals surface area contributed by atoms with Crippen LogP contribution in [0.3, 0.4) is 0 Å². The van der Waals surface area contributed by atoms with E-state index in [-0.39, 0.29) is 18.0 Å². The van der Waals surface area contributed by atoms with Gasteiger partial charge in [-0.05, 0) is 42.2 Å². The van der Waals surface area contributed by atoms with Gasteiger partial charge in [0.2, 0.25) is 5.91 Å². The van der Waals surface area contributed by atoms with Crippen molar-refractivity contribution in [3.63, 3.8) is 0 Å². The van der Waals surface area contributed by atoms with Gasteiger partial charge in [0, 0.05) is 23.1 Å². The number of thiazole rings is 1. The average Bonchev–Trinajstić information content (AvgIpc) is 3.23. The van der Waals surface area contributed by atoms with Gasteiger partial charge in [-0.2, -0.15) is 0 Å². The number of nitro benzene ring substituents is 1. The molecule has 0 aliphatic carbocycles. The third-order valence-electron chi connectivity index (χ3n) is 4.84. The Labute approximate surface area is 170 Å². The minimum atomic E-state index is -0.450. The maximum absolute atomic E-state index is 12.6. The van der Waals surface area contributed by atoms with Crippen molar-refractivity contribution >= 4 is 49.2 Å². The fourth-order valence-electron chi connectivity index (χ4n) is 3.42. The lowest BCUT2D eigenvalue weighted by molar-refractivity contribution is -0.384. The molecule has 2 heterocycles. The molecule has 0 aliphatic rings. The molecular formula is C21H19N3O4S. The highest BCUT2D eigenvalue weighted by Crippen LogP contribution is 2.31. The van der Waals surface area contributed by atoms with E-state index in [1.807, 2.05) is 6.07 Å². The van der Waals surface area contributed by atoms with E-state index >= 15 is 0 Å². The summed E-state index contributed by atoms with van der Waals surface area (Å²) in [6.07, 6.45) is 1.78. The van der Waals surface area contributed by atoms with Gasteiger partial charge in [-0.1, -0.05) is 25.2 Å². The zero-order chi connectivity index (χ0) is 20.7. The second-order valence-corrected chi connectivity index (χ2v) is 8.30. The summed E-state index contributed by atoms with van der Waals surface area (Å²) in [5.41, 5.74) is 4.59. The van der Waals surface area contributed by atoms with E-state index in [2.05, 4.69) is 37.1 Å². The van der Waals surface area contributed by atoms with Crippen molar-refractivity contribution in [3.05, 3.63) is 63.4 Å². The Bertz CT molecular complexity index is 1260. The standard InChI is InChI=1S/C21H19N3O4S/c1-11(2)15-9-16-13(10-28-18(16)6-12(15)3)7-20(25)23-21-22-17-5-4-14(24(26)27)8-19(17)29-21/h4-6,8-11H,7H2,1-3H3,(H,22,23,25). The Morgan fingerprint density at radius 3 is 2.83 bits per heavy atom. The fourth-order valence-corrected chi connectivity index (χ4v) is 4.34. The Balaban J connectivity index is 1.56. The molecule has 4 aromatic rings. The number of rotatable bonds is 5. The predicted octanol–water partition coefficient (Wildman–Crippen LogP) is 5.56. The Hall–Kier alpha value is -3.26. The first-order valence-corrected chi connectivity index (χ1v) is 9.99. The molecule has 148 valence electrons. The molecule has 0 bridgehead atoms. The highest BCUT2D eigenvalue weighted by molar-refractivity contribution is 7.22. The normalized spacial score (nSPS) is 11.4. The molecule has 7 nitrogen and oxygen atoms in total. The number of nitrogens with one attached hydrogen (secondary N) is 1. The van der Waals surface area contributed by atoms with Crippen molar-refractivity contribution in [2.75, 3.05) is 5.32 Å². The average molecular weight is 409 g/mol. The van der Waals surface area contributed by atoms with E-state index in [0.29, 0.717) is 21.3 Å². The number of fused-ring (bicyclic) bond motifs is 2. The summed E-state index contributed by atoms with van der Waals surface area (Å²) in [4.78, 5) is 27.4. The molecule has 0 fully saturated rings. The molecule has 4 rings (SSSR count). The van der Waals surface area contributed by atoms with Crippen LogP contribution in [0.15, 0.2) is 41.0 Å². The van der Waals surface area contributed by atoms with E-state index < -0.39 is 4.92 Å². The third kappa shape index (κ3) is 3.71. The summed E-state index contributed by atoms with van der Waals surface area (Å²) in [5.74, 6) is 0.163. The van der Waals surface area contributed by atoms with Gasteiger partial charge in [0.15, 0.2) is 5.13 Å². The number of benzene rings is 2. The summed E-state index contributed by atoms with van der Waals surface area (Å²) in [6.45, 7) is 6.33. The molecule has 8 heteroatoms. The number of non-ortho nitro benzene ring substituents is 1. The van der Waals surface area contributed by atoms with E-state index in [4.69, 9.17) is 4.42 Å². The molecule has 0 aliphatic heterocycles. The smallest absolute Gasteiger partial charge is 0.270 e. The number of anilines is 1. The van der Waals surface area contributed by atoms with E-state index in [0.717, 1.165) is 16.5 Å². The minimum absolute atomic E-state index is 0.000133. The van der Waals surface area contributed by atoms with Crippen LogP contribution in [-0.2, 0) is 11.2 Å². The SMILES string of the molecule is Cc1cc2occ(CC(=O)Nc3nc4ccc([N+](=O)[O-])cc4s3)c2cc1C(C)C. The van der Waals surface area contributed by atoms with Crippen molar-refractivity contribution in [2.45, 2.75) is 33.1 Å². The molecule has 0 spiro atoms. The molecule has 1 N–H and O–H groups in total. The van der Waals surface area contributed by atoms with Gasteiger partial charge >= 0.3 is 0 Å². The first-order chi connectivity index (χ1) is 13.8. The highest BCUT2D eigenvalue weighted by atomic mass is 32.1. The molecule has 1 amide bonds. The molecule has 2 aromatic heterocycles. The Morgan fingerprint density at radius 2 is 2.10 bits per heavy atom. The second kappa shape index (κ2) is 7.29. The van der Waals surface area contributed by atoms with Crippen LogP contribution >= 0.6 is 11.3 Å². The van der Waals surface area contributed by atoms with Crippen LogP contribution in [0.4, 0.5) is 10.8 Å². The Morgan fingerprint density at radius 1 is 1.31 bits per heavy atom. The second-order valence-electron chi connectivity index (χ2n) is 7.27. The molecule has 0 saturated heterocycles. The van der Waals surface area contributed by atoms with Crippen LogP contribution < -0.4 is 5.32 Å². The zero-order valence-corrected chi connectivity index (χ0v) is 17.0. The van der Waals surface area contributed by atoms with Gasteiger partial charge in [0.25, 0.3) is 5.69 Å². The molecule has 2 aromatic carbocycles. The lowest BCUT2D eigenvalue weighted by atomic mass is 9.95. The van der Waals surface area contributed by atoms with Gasteiger partial charge < -0.3 is 9.73 Å². The maximum atomic E-state index is 12.6. The van der Waals surface area contributed by atoms with Gasteiger partial charge in [0.1, 0.15) is 5.58 Å². The zero-order valence-electron chi connectivity index (χ0n) is 16.2. The molecular weight excluding hydrogens is 390 g/mol. The van der Waals surface area contributed by atoms with Crippen molar-refractivity contribution < 1.29 is 14.1 Å². The minimum Gasteiger partial charge on any atom is -0.464 e. The first-order valence-electron chi connectivity index (χ1n) is 9.17. The molecule has 0 atom stereocenters. The number of aryl methyl sites for hydroxylation is 1. The van der Waals surface area contributed by atoms with Crippen molar-refractivity contribution in [2.24, 2.45) is 0 Å². The van der Waals surface area contributed by atoms with Gasteiger partial charge in [-0.15, -0.1) is 0 Å². The number of furan rings is 1. The number of nitro groups is 1. The van der Waals surface area contributed by atoms with Gasteiger partial charge in [-0.25, -0.2) is 4.98 Å². The monoisotopic (exact) mass is 409 g/mol. The molecule has 0 saturated carbocycles. The van der Waals surface area contributed by atoms with E-state index in [1.54, 1.807) is 12.3 Å². The summed E-state index contributed by atoms with van der Waals surface area (Å²) in [6, 6.07) is 8.55. The van der Waals surface area contributed by atoms with Crippen molar-refractivity contribution in [1.82, 2.24) is 4.98 Å². The number of carbonyl (C=O) groups excluding carboxylic acids is 1. The maximum Gasteiger partial charge on any atom is 0.270 e. The lowest BCUT2D eigenvalue weighted by Crippen LogP contribution is -2.13. The molecule has 29 heavy (non-hydrogen) atoms. The number of hydrogen-bond acceptors (Lipinski definition) is 6. The number of carbonyl (C=O) groups is 1. The van der Waals surface area contributed by atoms with Gasteiger partial charge in [0.05, 0.1) is 27.8 Å². The quantitative estimate of drug-likeness (QED) is 0.343. The lowest BCUT2D eigenvalue weighted by Gasteiger charge is -2.09. The molecule has 0 radical (unpaired) electrons. The van der Waals surface area contributed by atoms with Crippen molar-refractivity contribution in [3.8, 4) is 0 Å². The van der Waals surface area contributed by atoms with E-state index in [9.17, 15) is 14.9 Å². The van der Waals surface area contributed by atoms with E-state index in [1.165, 1.54) is 34.6 Å². The number of nitrogens with zero attached hydrogens (tertiary/aromatic N) is 2. The van der Waals surface area contributed by atoms with Crippen LogP contribution in [0.2, 0.25) is 0 Å².